The van der Waals surface area contributed by atoms with Gasteiger partial charge in [-0.3, -0.25) is 10.2 Å². The number of carbonyl (C=O) groups is 1. The van der Waals surface area contributed by atoms with Gasteiger partial charge in [0.25, 0.3) is 0 Å². The van der Waals surface area contributed by atoms with E-state index in [1.54, 1.807) is 26.8 Å². The summed E-state index contributed by atoms with van der Waals surface area (Å²) in [6.07, 6.45) is -0.768. The molecule has 1 heterocycles. The van der Waals surface area contributed by atoms with Gasteiger partial charge >= 0.3 is 13.1 Å². The molecule has 0 aliphatic carbocycles. The number of ether oxygens (including phenoxy) is 1. The molecule has 146 valence electrons. The van der Waals surface area contributed by atoms with Crippen molar-refractivity contribution in [3.05, 3.63) is 23.3 Å². The molecule has 5 nitrogen and oxygen atoms in total. The molecular formula is C17H26BF3N3O2-. The van der Waals surface area contributed by atoms with E-state index >= 15 is 0 Å². The van der Waals surface area contributed by atoms with Crippen LogP contribution in [0.3, 0.4) is 0 Å². The Bertz CT molecular complexity index is 654. The number of carbonyl (C=O) groups excluding carboxylic acids is 1. The smallest absolute Gasteiger partial charge is 0.445 e. The summed E-state index contributed by atoms with van der Waals surface area (Å²) in [7, 11) is 0. The average molecular weight is 372 g/mol. The summed E-state index contributed by atoms with van der Waals surface area (Å²) in [6, 6.07) is 2.59. The first-order valence-corrected chi connectivity index (χ1v) is 8.72. The molecule has 0 spiro atoms. The lowest BCUT2D eigenvalue weighted by molar-refractivity contribution is 0.0636. The Labute approximate surface area is 152 Å². The van der Waals surface area contributed by atoms with E-state index in [-0.39, 0.29) is 11.3 Å². The molecule has 2 rings (SSSR count). The summed E-state index contributed by atoms with van der Waals surface area (Å²) in [5.41, 5.74) is -0.525. The van der Waals surface area contributed by atoms with Crippen molar-refractivity contribution in [2.75, 3.05) is 31.5 Å². The van der Waals surface area contributed by atoms with Crippen LogP contribution in [0.15, 0.2) is 12.1 Å². The van der Waals surface area contributed by atoms with E-state index in [2.05, 4.69) is 15.5 Å². The number of nitrogens with zero attached hydrogens (tertiary/aromatic N) is 1. The van der Waals surface area contributed by atoms with E-state index in [1.807, 2.05) is 0 Å². The van der Waals surface area contributed by atoms with Gasteiger partial charge in [-0.05, 0) is 39.3 Å². The molecule has 1 fully saturated rings. The fourth-order valence-electron chi connectivity index (χ4n) is 2.91. The van der Waals surface area contributed by atoms with E-state index in [4.69, 9.17) is 4.74 Å². The molecular weight excluding hydrogens is 346 g/mol. The van der Waals surface area contributed by atoms with Crippen molar-refractivity contribution >= 4 is 24.2 Å². The van der Waals surface area contributed by atoms with Gasteiger partial charge in [-0.15, -0.1) is 5.46 Å². The van der Waals surface area contributed by atoms with Crippen molar-refractivity contribution in [1.82, 2.24) is 10.2 Å². The monoisotopic (exact) mass is 372 g/mol. The third kappa shape index (κ3) is 5.91. The zero-order valence-corrected chi connectivity index (χ0v) is 15.7. The molecule has 0 unspecified atom stereocenters. The average Bonchev–Trinajstić information content (AvgIpc) is 2.48. The fourth-order valence-corrected chi connectivity index (χ4v) is 2.91. The third-order valence-electron chi connectivity index (χ3n) is 4.16. The highest BCUT2D eigenvalue weighted by Crippen LogP contribution is 2.22. The van der Waals surface area contributed by atoms with Gasteiger partial charge in [0.05, 0.1) is 0 Å². The molecule has 0 saturated carbocycles. The van der Waals surface area contributed by atoms with Crippen LogP contribution in [0.5, 0.6) is 0 Å². The minimum atomic E-state index is -5.18. The normalized spacial score (nSPS) is 16.4. The van der Waals surface area contributed by atoms with E-state index < -0.39 is 24.1 Å². The molecule has 1 aromatic carbocycles. The van der Waals surface area contributed by atoms with Crippen LogP contribution in [0.1, 0.15) is 31.9 Å². The summed E-state index contributed by atoms with van der Waals surface area (Å²) in [6.45, 7) is 4.97. The van der Waals surface area contributed by atoms with Gasteiger partial charge in [-0.2, -0.15) is 0 Å². The van der Waals surface area contributed by atoms with Crippen LogP contribution in [0.4, 0.5) is 23.4 Å². The van der Waals surface area contributed by atoms with Gasteiger partial charge < -0.3 is 23.0 Å². The minimum absolute atomic E-state index is 0.101. The number of hydrogen-bond acceptors (Lipinski definition) is 4. The topological polar surface area (TPSA) is 53.6 Å². The van der Waals surface area contributed by atoms with Crippen LogP contribution in [-0.4, -0.2) is 49.8 Å². The van der Waals surface area contributed by atoms with Crippen molar-refractivity contribution in [3.8, 4) is 0 Å². The quantitative estimate of drug-likeness (QED) is 0.799. The predicted octanol–water partition coefficient (Wildman–Crippen LogP) is 2.80. The molecule has 9 heteroatoms. The van der Waals surface area contributed by atoms with Gasteiger partial charge in [0.2, 0.25) is 0 Å². The zero-order valence-electron chi connectivity index (χ0n) is 15.7. The second-order valence-corrected chi connectivity index (χ2v) is 7.58. The van der Waals surface area contributed by atoms with Crippen LogP contribution in [0.25, 0.3) is 0 Å². The SMILES string of the molecule is Cc1c(CN2CCNCC2)cc(NC(=O)OC(C)(C)C)cc1[B-](F)(F)F. The van der Waals surface area contributed by atoms with Crippen LogP contribution in [-0.2, 0) is 11.3 Å². The van der Waals surface area contributed by atoms with Crippen LogP contribution < -0.4 is 16.1 Å². The summed E-state index contributed by atoms with van der Waals surface area (Å²) in [4.78, 5) is 14.0. The molecule has 0 atom stereocenters. The number of rotatable bonds is 4. The molecule has 1 aliphatic rings. The molecule has 26 heavy (non-hydrogen) atoms. The van der Waals surface area contributed by atoms with Gasteiger partial charge in [0.1, 0.15) is 5.60 Å². The van der Waals surface area contributed by atoms with Crippen molar-refractivity contribution in [3.63, 3.8) is 0 Å². The first kappa shape index (κ1) is 20.6. The number of halogens is 3. The van der Waals surface area contributed by atoms with Crippen molar-refractivity contribution < 1.29 is 22.5 Å². The first-order valence-electron chi connectivity index (χ1n) is 8.72. The van der Waals surface area contributed by atoms with Crippen molar-refractivity contribution in [2.24, 2.45) is 0 Å². The highest BCUT2D eigenvalue weighted by molar-refractivity contribution is 6.74. The highest BCUT2D eigenvalue weighted by atomic mass is 19.4. The van der Waals surface area contributed by atoms with E-state index in [1.165, 1.54) is 6.92 Å². The third-order valence-corrected chi connectivity index (χ3v) is 4.16. The zero-order chi connectivity index (χ0) is 19.5. The Morgan fingerprint density at radius 1 is 1.27 bits per heavy atom. The lowest BCUT2D eigenvalue weighted by Crippen LogP contribution is -2.43. The molecule has 0 bridgehead atoms. The Morgan fingerprint density at radius 3 is 2.42 bits per heavy atom. The van der Waals surface area contributed by atoms with E-state index in [9.17, 15) is 17.7 Å². The summed E-state index contributed by atoms with van der Waals surface area (Å²) >= 11 is 0. The van der Waals surface area contributed by atoms with Crippen LogP contribution in [0.2, 0.25) is 0 Å². The first-order chi connectivity index (χ1) is 12.0. The van der Waals surface area contributed by atoms with Crippen LogP contribution in [0, 0.1) is 6.92 Å². The molecule has 1 saturated heterocycles. The van der Waals surface area contributed by atoms with Crippen LogP contribution >= 0.6 is 0 Å². The maximum absolute atomic E-state index is 13.5. The number of nitrogens with one attached hydrogen (secondary N) is 2. The highest BCUT2D eigenvalue weighted by Gasteiger charge is 2.29. The molecule has 1 aliphatic heterocycles. The number of benzene rings is 1. The number of amides is 1. The molecule has 0 radical (unpaired) electrons. The summed E-state index contributed by atoms with van der Waals surface area (Å²) < 4.78 is 45.6. The van der Waals surface area contributed by atoms with Gasteiger partial charge in [0.15, 0.2) is 0 Å². The Balaban J connectivity index is 2.29. The summed E-state index contributed by atoms with van der Waals surface area (Å²) in [5.74, 6) is 0. The van der Waals surface area contributed by atoms with Crippen molar-refractivity contribution in [1.29, 1.82) is 0 Å². The standard InChI is InChI=1S/C17H26BF3N3O2/c1-12-13(11-24-7-5-22-6-8-24)9-14(10-15(12)18(19,20)21)23-16(25)26-17(2,3)4/h9-10,22H,5-8,11H2,1-4H3,(H,23,25)/q-1. The largest absolute Gasteiger partial charge is 0.509 e. The number of hydrogen-bond donors (Lipinski definition) is 2. The second-order valence-electron chi connectivity index (χ2n) is 7.58. The Hall–Kier alpha value is -1.74. The molecule has 2 N–H and O–H groups in total. The van der Waals surface area contributed by atoms with Gasteiger partial charge in [-0.25, -0.2) is 4.79 Å². The summed E-state index contributed by atoms with van der Waals surface area (Å²) in [5, 5.41) is 5.65. The second kappa shape index (κ2) is 7.88. The van der Waals surface area contributed by atoms with E-state index in [0.717, 1.165) is 32.2 Å². The minimum Gasteiger partial charge on any atom is -0.445 e. The van der Waals surface area contributed by atoms with E-state index in [0.29, 0.717) is 12.1 Å². The number of piperazine rings is 1. The Morgan fingerprint density at radius 2 is 1.88 bits per heavy atom. The van der Waals surface area contributed by atoms with Gasteiger partial charge in [-0.1, -0.05) is 11.6 Å². The maximum Gasteiger partial charge on any atom is 0.509 e. The lowest BCUT2D eigenvalue weighted by Gasteiger charge is -2.29. The van der Waals surface area contributed by atoms with Gasteiger partial charge in [0, 0.05) is 38.4 Å². The fraction of sp³-hybridized carbons (Fsp3) is 0.588. The lowest BCUT2D eigenvalue weighted by atomic mass is 9.75. The predicted molar refractivity (Wildman–Crippen MR) is 97.9 cm³/mol. The maximum atomic E-state index is 13.5. The Kier molecular flexibility index (Phi) is 6.23. The molecule has 0 aromatic heterocycles. The van der Waals surface area contributed by atoms with Crippen molar-refractivity contribution in [2.45, 2.75) is 39.8 Å². The molecule has 1 amide bonds. The number of anilines is 1. The molecule has 1 aromatic rings.